The van der Waals surface area contributed by atoms with E-state index in [1.165, 1.54) is 49.5 Å². The molecule has 0 spiro atoms. The molecule has 1 aliphatic carbocycles. The number of allylic oxidation sites excluding steroid dienone is 3. The van der Waals surface area contributed by atoms with Gasteiger partial charge in [0, 0.05) is 11.1 Å². The molecule has 0 fully saturated rings. The Balaban J connectivity index is 2.12. The van der Waals surface area contributed by atoms with E-state index in [9.17, 15) is 0 Å². The van der Waals surface area contributed by atoms with Crippen molar-refractivity contribution in [3.8, 4) is 0 Å². The maximum absolute atomic E-state index is 6.03. The first-order valence-corrected chi connectivity index (χ1v) is 9.62. The van der Waals surface area contributed by atoms with Crippen LogP contribution in [-0.4, -0.2) is 7.28 Å². The van der Waals surface area contributed by atoms with E-state index in [2.05, 4.69) is 59.8 Å². The van der Waals surface area contributed by atoms with E-state index in [0.717, 1.165) is 12.2 Å². The molecular formula is C22H33BO. The van der Waals surface area contributed by atoms with Gasteiger partial charge in [0.1, 0.15) is 13.0 Å². The van der Waals surface area contributed by atoms with Crippen molar-refractivity contribution in [1.29, 1.82) is 0 Å². The molecule has 1 atom stereocenters. The minimum atomic E-state index is 0.118. The molecule has 0 saturated carbocycles. The van der Waals surface area contributed by atoms with Crippen LogP contribution in [0.4, 0.5) is 0 Å². The van der Waals surface area contributed by atoms with Crippen LogP contribution in [0.15, 0.2) is 22.8 Å². The van der Waals surface area contributed by atoms with Crippen LogP contribution in [0.1, 0.15) is 77.7 Å². The van der Waals surface area contributed by atoms with Crippen LogP contribution >= 0.6 is 0 Å². The van der Waals surface area contributed by atoms with E-state index in [-0.39, 0.29) is 5.41 Å². The van der Waals surface area contributed by atoms with Crippen molar-refractivity contribution in [3.05, 3.63) is 35.3 Å². The lowest BCUT2D eigenvalue weighted by atomic mass is 9.48. The molecule has 1 aromatic heterocycles. The topological polar surface area (TPSA) is 13.1 Å². The summed E-state index contributed by atoms with van der Waals surface area (Å²) < 4.78 is 6.03. The second-order valence-corrected chi connectivity index (χ2v) is 9.90. The van der Waals surface area contributed by atoms with E-state index in [1.807, 2.05) is 6.26 Å². The summed E-state index contributed by atoms with van der Waals surface area (Å²) in [5.41, 5.74) is 5.11. The van der Waals surface area contributed by atoms with Crippen molar-refractivity contribution < 1.29 is 4.42 Å². The summed E-state index contributed by atoms with van der Waals surface area (Å²) in [6, 6.07) is 0. The lowest BCUT2D eigenvalue weighted by molar-refractivity contribution is 0.101. The molecule has 0 aromatic carbocycles. The Bertz CT molecular complexity index is 663. The predicted molar refractivity (Wildman–Crippen MR) is 107 cm³/mol. The first-order valence-electron chi connectivity index (χ1n) is 9.62. The van der Waals surface area contributed by atoms with Gasteiger partial charge < -0.3 is 4.42 Å². The Labute approximate surface area is 148 Å². The second kappa shape index (κ2) is 5.97. The van der Waals surface area contributed by atoms with E-state index in [1.54, 1.807) is 0 Å². The van der Waals surface area contributed by atoms with E-state index >= 15 is 0 Å². The highest BCUT2D eigenvalue weighted by atomic mass is 16.3. The molecule has 1 nitrogen and oxygen atoms in total. The third-order valence-electron chi connectivity index (χ3n) is 6.43. The minimum Gasteiger partial charge on any atom is -0.464 e. The third kappa shape index (κ3) is 3.05. The number of hydrogen-bond donors (Lipinski definition) is 0. The zero-order chi connectivity index (χ0) is 17.6. The van der Waals surface area contributed by atoms with Crippen molar-refractivity contribution >= 4 is 18.9 Å². The summed E-state index contributed by atoms with van der Waals surface area (Å²) in [6.45, 7) is 14.1. The summed E-state index contributed by atoms with van der Waals surface area (Å²) in [5, 5.41) is 0. The maximum atomic E-state index is 6.03. The van der Waals surface area contributed by atoms with Gasteiger partial charge in [-0.05, 0) is 47.2 Å². The Kier molecular flexibility index (Phi) is 4.39. The monoisotopic (exact) mass is 324 g/mol. The average Bonchev–Trinajstić information content (AvgIpc) is 2.85. The molecule has 3 heterocycles. The zero-order valence-corrected chi connectivity index (χ0v) is 16.5. The fraction of sp³-hybridized carbons (Fsp3) is 0.636. The van der Waals surface area contributed by atoms with Crippen LogP contribution in [0.5, 0.6) is 0 Å². The number of rotatable bonds is 0. The average molecular weight is 324 g/mol. The smallest absolute Gasteiger partial charge is 0.134 e. The van der Waals surface area contributed by atoms with E-state index in [4.69, 9.17) is 4.42 Å². The largest absolute Gasteiger partial charge is 0.464 e. The van der Waals surface area contributed by atoms with Gasteiger partial charge in [0.05, 0.1) is 6.26 Å². The zero-order valence-electron chi connectivity index (χ0n) is 16.5. The Hall–Kier alpha value is -1.18. The van der Waals surface area contributed by atoms with Crippen molar-refractivity contribution in [2.45, 2.75) is 78.9 Å². The molecule has 130 valence electrons. The molecule has 0 radical (unpaired) electrons. The van der Waals surface area contributed by atoms with Gasteiger partial charge in [-0.3, -0.25) is 0 Å². The van der Waals surface area contributed by atoms with Crippen molar-refractivity contribution in [2.75, 3.05) is 0 Å². The molecule has 3 aliphatic rings. The first kappa shape index (κ1) is 17.6. The van der Waals surface area contributed by atoms with Crippen LogP contribution in [-0.2, 0) is 5.41 Å². The van der Waals surface area contributed by atoms with E-state index in [0.29, 0.717) is 10.8 Å². The lowest BCUT2D eigenvalue weighted by Gasteiger charge is -2.46. The van der Waals surface area contributed by atoms with Gasteiger partial charge in [-0.25, -0.2) is 0 Å². The fourth-order valence-electron chi connectivity index (χ4n) is 4.62. The Morgan fingerprint density at radius 2 is 1.88 bits per heavy atom. The Morgan fingerprint density at radius 3 is 2.54 bits per heavy atom. The summed E-state index contributed by atoms with van der Waals surface area (Å²) in [6.07, 6.45) is 15.3. The molecule has 2 heteroatoms. The molecule has 2 bridgehead atoms. The van der Waals surface area contributed by atoms with Crippen LogP contribution in [0.2, 0.25) is 12.6 Å². The molecule has 24 heavy (non-hydrogen) atoms. The number of fused-ring (bicyclic) bond motifs is 5. The molecule has 0 saturated heterocycles. The summed E-state index contributed by atoms with van der Waals surface area (Å²) in [4.78, 5) is 0. The SMILES string of the molecule is CC(C)(C)c1coc2c1/C1=C/CCC(C(C)(C)C)(CBC1)C/C=C\2. The van der Waals surface area contributed by atoms with Crippen LogP contribution in [0.25, 0.3) is 11.6 Å². The lowest BCUT2D eigenvalue weighted by Crippen LogP contribution is -2.37. The number of furan rings is 1. The predicted octanol–water partition coefficient (Wildman–Crippen LogP) is 6.48. The quantitative estimate of drug-likeness (QED) is 0.498. The highest BCUT2D eigenvalue weighted by Crippen LogP contribution is 2.51. The molecule has 0 amide bonds. The molecule has 1 aromatic rings. The van der Waals surface area contributed by atoms with Gasteiger partial charge in [-0.15, -0.1) is 0 Å². The van der Waals surface area contributed by atoms with Gasteiger partial charge in [0.2, 0.25) is 0 Å². The summed E-state index contributed by atoms with van der Waals surface area (Å²) in [5.74, 6) is 1.07. The van der Waals surface area contributed by atoms with Gasteiger partial charge in [0.25, 0.3) is 0 Å². The first-order chi connectivity index (χ1) is 11.1. The maximum Gasteiger partial charge on any atom is 0.134 e. The van der Waals surface area contributed by atoms with Crippen LogP contribution in [0.3, 0.4) is 0 Å². The summed E-state index contributed by atoms with van der Waals surface area (Å²) in [7, 11) is 1.28. The highest BCUT2D eigenvalue weighted by molar-refractivity contribution is 6.39. The van der Waals surface area contributed by atoms with Crippen molar-refractivity contribution in [3.63, 3.8) is 0 Å². The van der Waals surface area contributed by atoms with Crippen LogP contribution in [0, 0.1) is 10.8 Å². The van der Waals surface area contributed by atoms with Gasteiger partial charge in [-0.1, -0.05) is 66.3 Å². The molecule has 0 N–H and O–H groups in total. The van der Waals surface area contributed by atoms with Crippen LogP contribution < -0.4 is 0 Å². The van der Waals surface area contributed by atoms with Crippen molar-refractivity contribution in [2.24, 2.45) is 10.8 Å². The highest BCUT2D eigenvalue weighted by Gasteiger charge is 2.41. The number of hydrogen-bond acceptors (Lipinski definition) is 1. The van der Waals surface area contributed by atoms with Crippen molar-refractivity contribution in [1.82, 2.24) is 0 Å². The standard InChI is InChI=1S/C22H33BO/c1-20(2,3)17-14-24-18-10-8-12-22(21(4,5)6)11-7-9-16(19(17)18)13-23-15-22/h8-10,14,23H,7,11-13,15H2,1-6H3/b10-8-,16-9+. The normalized spacial score (nSPS) is 28.3. The minimum absolute atomic E-state index is 0.118. The molecule has 1 unspecified atom stereocenters. The van der Waals surface area contributed by atoms with Gasteiger partial charge in [-0.2, -0.15) is 0 Å². The molecule has 2 aliphatic heterocycles. The summed E-state index contributed by atoms with van der Waals surface area (Å²) >= 11 is 0. The fourth-order valence-corrected chi connectivity index (χ4v) is 4.62. The third-order valence-corrected chi connectivity index (χ3v) is 6.43. The van der Waals surface area contributed by atoms with Gasteiger partial charge >= 0.3 is 0 Å². The second-order valence-electron chi connectivity index (χ2n) is 9.90. The van der Waals surface area contributed by atoms with E-state index < -0.39 is 0 Å². The molecular weight excluding hydrogens is 291 g/mol. The Morgan fingerprint density at radius 1 is 1.12 bits per heavy atom. The van der Waals surface area contributed by atoms with Gasteiger partial charge in [0.15, 0.2) is 0 Å². The molecule has 4 rings (SSSR count).